The molecule has 3 aliphatic heterocycles. The monoisotopic (exact) mass is 737 g/mol. The van der Waals surface area contributed by atoms with Crippen molar-refractivity contribution in [3.05, 3.63) is 144 Å². The van der Waals surface area contributed by atoms with Gasteiger partial charge in [-0.3, -0.25) is 0 Å². The topological polar surface area (TPSA) is 54.5 Å². The molecule has 3 aliphatic rings. The Labute approximate surface area is 307 Å². The Balaban J connectivity index is 1.56. The van der Waals surface area contributed by atoms with Gasteiger partial charge in [0.05, 0.1) is 17.1 Å². The lowest BCUT2D eigenvalue weighted by molar-refractivity contribution is 0.592. The number of rotatable bonds is 9. The first-order valence-electron chi connectivity index (χ1n) is 18.6. The Hall–Kier alpha value is -4.19. The van der Waals surface area contributed by atoms with Gasteiger partial charge in [0.2, 0.25) is 0 Å². The zero-order valence-electron chi connectivity index (χ0n) is 29.9. The SMILES string of the molecule is CCCc1cc2c3c(c1)P(=O)(c1ccccc1)c1cc(CCC)cc4c1N3c1c(cc(CCC)cc1P4(=O)c1ccccc1)P2(=O)c1ccccc1. The Bertz CT molecular complexity index is 2180. The minimum absolute atomic E-state index is 0.730. The number of anilines is 3. The van der Waals surface area contributed by atoms with Crippen LogP contribution in [-0.2, 0) is 33.0 Å². The van der Waals surface area contributed by atoms with Gasteiger partial charge in [0.1, 0.15) is 0 Å². The summed E-state index contributed by atoms with van der Waals surface area (Å²) in [5, 5.41) is 6.59. The lowest BCUT2D eigenvalue weighted by Crippen LogP contribution is -2.53. The van der Waals surface area contributed by atoms with Crippen molar-refractivity contribution in [1.82, 2.24) is 0 Å². The second kappa shape index (κ2) is 12.5. The molecule has 7 heteroatoms. The molecule has 0 spiro atoms. The van der Waals surface area contributed by atoms with Gasteiger partial charge in [-0.05, 0) is 72.4 Å². The minimum atomic E-state index is -3.60. The van der Waals surface area contributed by atoms with Crippen molar-refractivity contribution in [2.75, 3.05) is 4.90 Å². The van der Waals surface area contributed by atoms with E-state index < -0.39 is 21.4 Å². The molecule has 0 fully saturated rings. The standard InChI is InChI=1S/C45H42NO3P3/c1-4-16-31-25-37-43-38(26-31)51(48,35-21-12-8-13-22-35)40-28-33(18-6-3)30-42-45(40)46(43)44-39(50(37,47)34-19-10-7-11-20-34)27-32(17-5-2)29-41(44)52(42,49)36-23-14-9-15-24-36/h7-15,19-30H,4-6,16-18H2,1-3H3. The van der Waals surface area contributed by atoms with Gasteiger partial charge >= 0.3 is 0 Å². The summed E-state index contributed by atoms with van der Waals surface area (Å²) < 4.78 is 50.2. The molecule has 4 nitrogen and oxygen atoms in total. The van der Waals surface area contributed by atoms with Gasteiger partial charge in [-0.1, -0.05) is 131 Å². The van der Waals surface area contributed by atoms with Gasteiger partial charge in [-0.15, -0.1) is 0 Å². The van der Waals surface area contributed by atoms with Crippen LogP contribution in [-0.4, -0.2) is 0 Å². The number of nitrogens with zero attached hydrogens (tertiary/aromatic N) is 1. The van der Waals surface area contributed by atoms with E-state index >= 15 is 13.7 Å². The third-order valence-corrected chi connectivity index (χ3v) is 20.3. The Kier molecular flexibility index (Phi) is 8.06. The highest BCUT2D eigenvalue weighted by Crippen LogP contribution is 2.65. The summed E-state index contributed by atoms with van der Waals surface area (Å²) in [6, 6.07) is 42.3. The van der Waals surface area contributed by atoms with E-state index in [0.717, 1.165) is 120 Å². The molecule has 0 radical (unpaired) electrons. The van der Waals surface area contributed by atoms with Crippen molar-refractivity contribution in [2.45, 2.75) is 59.3 Å². The van der Waals surface area contributed by atoms with Crippen molar-refractivity contribution in [3.63, 3.8) is 0 Å². The number of aryl methyl sites for hydroxylation is 3. The summed E-state index contributed by atoms with van der Waals surface area (Å²) in [6.07, 6.45) is 5.02. The molecule has 6 aromatic rings. The fourth-order valence-electron chi connectivity index (χ4n) is 8.88. The molecule has 0 aromatic heterocycles. The smallest absolute Gasteiger partial charge is 0.175 e. The summed E-state index contributed by atoms with van der Waals surface area (Å²) in [7, 11) is -10.8. The third-order valence-electron chi connectivity index (χ3n) is 11.1. The van der Waals surface area contributed by atoms with E-state index in [1.54, 1.807) is 0 Å². The van der Waals surface area contributed by atoms with E-state index in [-0.39, 0.29) is 0 Å². The minimum Gasteiger partial charge on any atom is -0.308 e. The average Bonchev–Trinajstić information content (AvgIpc) is 3.18. The van der Waals surface area contributed by atoms with Gasteiger partial charge in [0.15, 0.2) is 21.4 Å². The molecule has 3 heterocycles. The molecule has 0 N–H and O–H groups in total. The van der Waals surface area contributed by atoms with E-state index in [0.29, 0.717) is 0 Å². The predicted octanol–water partition coefficient (Wildman–Crippen LogP) is 7.87. The predicted molar refractivity (Wildman–Crippen MR) is 222 cm³/mol. The average molecular weight is 738 g/mol. The van der Waals surface area contributed by atoms with Gasteiger partial charge < -0.3 is 18.6 Å². The van der Waals surface area contributed by atoms with E-state index in [2.05, 4.69) is 62.1 Å². The molecule has 9 rings (SSSR count). The number of hydrogen-bond donors (Lipinski definition) is 0. The first-order valence-corrected chi connectivity index (χ1v) is 23.7. The summed E-state index contributed by atoms with van der Waals surface area (Å²) in [5.41, 5.74) is 5.35. The Morgan fingerprint density at radius 3 is 0.827 bits per heavy atom. The maximum Gasteiger partial charge on any atom is 0.175 e. The molecule has 0 atom stereocenters. The van der Waals surface area contributed by atoms with Crippen molar-refractivity contribution in [1.29, 1.82) is 0 Å². The third kappa shape index (κ3) is 4.51. The summed E-state index contributed by atoms with van der Waals surface area (Å²) in [4.78, 5) is 2.25. The molecule has 6 aromatic carbocycles. The second-order valence-corrected chi connectivity index (χ2v) is 22.5. The van der Waals surface area contributed by atoms with Gasteiger partial charge in [-0.2, -0.15) is 0 Å². The van der Waals surface area contributed by atoms with Crippen molar-refractivity contribution >= 4 is 86.2 Å². The number of benzene rings is 6. The van der Waals surface area contributed by atoms with E-state index in [9.17, 15) is 0 Å². The molecular weight excluding hydrogens is 695 g/mol. The molecule has 0 saturated carbocycles. The van der Waals surface area contributed by atoms with Crippen molar-refractivity contribution in [3.8, 4) is 0 Å². The van der Waals surface area contributed by atoms with Crippen LogP contribution in [0.2, 0.25) is 0 Å². The fraction of sp³-hybridized carbons (Fsp3) is 0.200. The van der Waals surface area contributed by atoms with Gasteiger partial charge in [0, 0.05) is 47.7 Å². The Morgan fingerprint density at radius 2 is 0.615 bits per heavy atom. The largest absolute Gasteiger partial charge is 0.308 e. The molecule has 52 heavy (non-hydrogen) atoms. The van der Waals surface area contributed by atoms with Crippen LogP contribution < -0.4 is 52.6 Å². The molecule has 0 unspecified atom stereocenters. The summed E-state index contributed by atoms with van der Waals surface area (Å²) >= 11 is 0. The highest BCUT2D eigenvalue weighted by Gasteiger charge is 2.56. The normalized spacial score (nSPS) is 21.9. The van der Waals surface area contributed by atoms with Crippen molar-refractivity contribution in [2.24, 2.45) is 0 Å². The lowest BCUT2D eigenvalue weighted by Gasteiger charge is -2.49. The zero-order valence-corrected chi connectivity index (χ0v) is 32.6. The van der Waals surface area contributed by atoms with Crippen molar-refractivity contribution < 1.29 is 13.7 Å². The van der Waals surface area contributed by atoms with Gasteiger partial charge in [0.25, 0.3) is 0 Å². The van der Waals surface area contributed by atoms with E-state index in [4.69, 9.17) is 0 Å². The molecule has 260 valence electrons. The fourth-order valence-corrected chi connectivity index (χ4v) is 18.6. The Morgan fingerprint density at radius 1 is 0.385 bits per heavy atom. The first kappa shape index (κ1) is 33.6. The summed E-state index contributed by atoms with van der Waals surface area (Å²) in [5.74, 6) is 0. The zero-order chi connectivity index (χ0) is 35.8. The van der Waals surface area contributed by atoms with Gasteiger partial charge in [-0.25, -0.2) is 0 Å². The molecule has 0 saturated heterocycles. The van der Waals surface area contributed by atoms with Crippen LogP contribution in [0.3, 0.4) is 0 Å². The van der Waals surface area contributed by atoms with Crippen LogP contribution >= 0.6 is 21.4 Å². The van der Waals surface area contributed by atoms with Crippen LogP contribution in [0.5, 0.6) is 0 Å². The highest BCUT2D eigenvalue weighted by atomic mass is 31.2. The molecular formula is C45H42NO3P3. The molecule has 0 amide bonds. The van der Waals surface area contributed by atoms with E-state index in [1.165, 1.54) is 0 Å². The summed E-state index contributed by atoms with van der Waals surface area (Å²) in [6.45, 7) is 6.46. The van der Waals surface area contributed by atoms with Crippen LogP contribution in [0.25, 0.3) is 0 Å². The van der Waals surface area contributed by atoms with E-state index in [1.807, 2.05) is 91.0 Å². The highest BCUT2D eigenvalue weighted by molar-refractivity contribution is 7.89. The quantitative estimate of drug-likeness (QED) is 0.142. The van der Waals surface area contributed by atoms with Crippen LogP contribution in [0.1, 0.15) is 56.7 Å². The first-order chi connectivity index (χ1) is 25.3. The maximum absolute atomic E-state index is 16.7. The molecule has 0 aliphatic carbocycles. The molecule has 0 bridgehead atoms. The number of hydrogen-bond acceptors (Lipinski definition) is 4. The van der Waals surface area contributed by atoms with Crippen LogP contribution in [0.15, 0.2) is 127 Å². The maximum atomic E-state index is 16.7. The van der Waals surface area contributed by atoms with Crippen LogP contribution in [0.4, 0.5) is 17.1 Å². The second-order valence-electron chi connectivity index (χ2n) is 14.4. The lowest BCUT2D eigenvalue weighted by atomic mass is 10.0. The van der Waals surface area contributed by atoms with Crippen LogP contribution in [0, 0.1) is 0 Å².